The number of carbonyl (C=O) groups is 1. The van der Waals surface area contributed by atoms with E-state index in [0.29, 0.717) is 24.5 Å². The summed E-state index contributed by atoms with van der Waals surface area (Å²) in [5.41, 5.74) is 2.20. The van der Waals surface area contributed by atoms with E-state index in [4.69, 9.17) is 0 Å². The molecule has 27 heavy (non-hydrogen) atoms. The van der Waals surface area contributed by atoms with Gasteiger partial charge in [0.15, 0.2) is 0 Å². The third kappa shape index (κ3) is 3.72. The van der Waals surface area contributed by atoms with Gasteiger partial charge in [0.25, 0.3) is 11.6 Å². The van der Waals surface area contributed by atoms with Crippen molar-refractivity contribution in [2.24, 2.45) is 0 Å². The third-order valence-electron chi connectivity index (χ3n) is 4.43. The van der Waals surface area contributed by atoms with Crippen molar-refractivity contribution in [3.8, 4) is 0 Å². The molecule has 0 fully saturated rings. The number of nitrogens with one attached hydrogen (secondary N) is 1. The molecule has 0 atom stereocenters. The summed E-state index contributed by atoms with van der Waals surface area (Å²) < 4.78 is 0. The fourth-order valence-corrected chi connectivity index (χ4v) is 3.06. The van der Waals surface area contributed by atoms with Crippen LogP contribution in [0.25, 0.3) is 10.9 Å². The Kier molecular flexibility index (Phi) is 5.30. The highest BCUT2D eigenvalue weighted by molar-refractivity contribution is 6.11. The molecular weight excluding hydrogens is 344 g/mol. The zero-order valence-corrected chi connectivity index (χ0v) is 15.2. The molecular formula is C20H20N4O3. The van der Waals surface area contributed by atoms with Gasteiger partial charge in [-0.3, -0.25) is 19.9 Å². The lowest BCUT2D eigenvalue weighted by Gasteiger charge is -2.23. The SMILES string of the molecule is CCN(CC)c1ccc([N+](=O)[O-])cc1C(=O)Nc1cccc2ncccc12. The highest BCUT2D eigenvalue weighted by Gasteiger charge is 2.20. The second-order valence-corrected chi connectivity index (χ2v) is 5.96. The molecule has 0 aliphatic heterocycles. The van der Waals surface area contributed by atoms with Crippen molar-refractivity contribution in [3.63, 3.8) is 0 Å². The van der Waals surface area contributed by atoms with Crippen LogP contribution in [-0.4, -0.2) is 28.9 Å². The predicted molar refractivity (Wildman–Crippen MR) is 106 cm³/mol. The van der Waals surface area contributed by atoms with Crippen LogP contribution in [0.2, 0.25) is 0 Å². The monoisotopic (exact) mass is 364 g/mol. The minimum atomic E-state index is -0.495. The van der Waals surface area contributed by atoms with Crippen molar-refractivity contribution in [1.82, 2.24) is 4.98 Å². The average molecular weight is 364 g/mol. The summed E-state index contributed by atoms with van der Waals surface area (Å²) in [6.45, 7) is 5.32. The minimum absolute atomic E-state index is 0.115. The van der Waals surface area contributed by atoms with E-state index in [2.05, 4.69) is 10.3 Å². The summed E-state index contributed by atoms with van der Waals surface area (Å²) in [6, 6.07) is 13.5. The van der Waals surface area contributed by atoms with Gasteiger partial charge in [-0.15, -0.1) is 0 Å². The van der Waals surface area contributed by atoms with E-state index in [0.717, 1.165) is 10.9 Å². The maximum atomic E-state index is 13.0. The smallest absolute Gasteiger partial charge is 0.270 e. The molecule has 1 N–H and O–H groups in total. The van der Waals surface area contributed by atoms with Crippen LogP contribution in [-0.2, 0) is 0 Å². The molecule has 3 rings (SSSR count). The lowest BCUT2D eigenvalue weighted by atomic mass is 10.1. The number of fused-ring (bicyclic) bond motifs is 1. The Hall–Kier alpha value is -3.48. The van der Waals surface area contributed by atoms with E-state index in [9.17, 15) is 14.9 Å². The Morgan fingerprint density at radius 2 is 1.93 bits per heavy atom. The molecule has 1 amide bonds. The molecule has 0 aliphatic rings. The van der Waals surface area contributed by atoms with Crippen LogP contribution in [0, 0.1) is 10.1 Å². The van der Waals surface area contributed by atoms with Gasteiger partial charge < -0.3 is 10.2 Å². The van der Waals surface area contributed by atoms with E-state index in [1.54, 1.807) is 24.4 Å². The Balaban J connectivity index is 2.04. The van der Waals surface area contributed by atoms with Crippen molar-refractivity contribution in [1.29, 1.82) is 0 Å². The first-order chi connectivity index (χ1) is 13.0. The number of non-ortho nitro benzene ring substituents is 1. The molecule has 0 saturated heterocycles. The van der Waals surface area contributed by atoms with Gasteiger partial charge in [0, 0.05) is 36.8 Å². The normalized spacial score (nSPS) is 10.6. The zero-order valence-electron chi connectivity index (χ0n) is 15.2. The molecule has 0 bridgehead atoms. The maximum Gasteiger partial charge on any atom is 0.270 e. The standard InChI is InChI=1S/C20H20N4O3/c1-3-23(4-2)19-11-10-14(24(26)27)13-16(19)20(25)22-18-9-5-8-17-15(18)7-6-12-21-17/h5-13H,3-4H2,1-2H3,(H,22,25). The van der Waals surface area contributed by atoms with Crippen LogP contribution in [0.1, 0.15) is 24.2 Å². The molecule has 3 aromatic rings. The first kappa shape index (κ1) is 18.3. The number of nitro groups is 1. The van der Waals surface area contributed by atoms with Crippen LogP contribution in [0.5, 0.6) is 0 Å². The number of rotatable bonds is 6. The Morgan fingerprint density at radius 1 is 1.15 bits per heavy atom. The number of pyridine rings is 1. The van der Waals surface area contributed by atoms with E-state index in [1.165, 1.54) is 12.1 Å². The predicted octanol–water partition coefficient (Wildman–Crippen LogP) is 4.24. The zero-order chi connectivity index (χ0) is 19.4. The van der Waals surface area contributed by atoms with Gasteiger partial charge in [-0.05, 0) is 44.2 Å². The van der Waals surface area contributed by atoms with Crippen molar-refractivity contribution in [3.05, 3.63) is 70.4 Å². The van der Waals surface area contributed by atoms with Gasteiger partial charge in [-0.1, -0.05) is 6.07 Å². The largest absolute Gasteiger partial charge is 0.371 e. The molecule has 0 spiro atoms. The summed E-state index contributed by atoms with van der Waals surface area (Å²) >= 11 is 0. The minimum Gasteiger partial charge on any atom is -0.371 e. The fourth-order valence-electron chi connectivity index (χ4n) is 3.06. The summed E-state index contributed by atoms with van der Waals surface area (Å²) in [4.78, 5) is 30.0. The molecule has 0 radical (unpaired) electrons. The van der Waals surface area contributed by atoms with E-state index >= 15 is 0 Å². The van der Waals surface area contributed by atoms with Crippen molar-refractivity contribution in [2.75, 3.05) is 23.3 Å². The number of nitrogens with zero attached hydrogens (tertiary/aromatic N) is 3. The molecule has 138 valence electrons. The first-order valence-electron chi connectivity index (χ1n) is 8.73. The molecule has 0 unspecified atom stereocenters. The highest BCUT2D eigenvalue weighted by atomic mass is 16.6. The number of carbonyl (C=O) groups excluding carboxylic acids is 1. The molecule has 7 heteroatoms. The van der Waals surface area contributed by atoms with Crippen LogP contribution >= 0.6 is 0 Å². The summed E-state index contributed by atoms with van der Waals surface area (Å²) in [5.74, 6) is -0.392. The average Bonchev–Trinajstić information content (AvgIpc) is 2.69. The quantitative estimate of drug-likeness (QED) is 0.522. The van der Waals surface area contributed by atoms with Gasteiger partial charge in [-0.2, -0.15) is 0 Å². The van der Waals surface area contributed by atoms with Gasteiger partial charge >= 0.3 is 0 Å². The van der Waals surface area contributed by atoms with Crippen molar-refractivity contribution < 1.29 is 9.72 Å². The Labute approximate surface area is 156 Å². The molecule has 7 nitrogen and oxygen atoms in total. The van der Waals surface area contributed by atoms with Crippen LogP contribution in [0.4, 0.5) is 17.1 Å². The molecule has 0 aliphatic carbocycles. The summed E-state index contributed by atoms with van der Waals surface area (Å²) in [7, 11) is 0. The summed E-state index contributed by atoms with van der Waals surface area (Å²) in [6.07, 6.45) is 1.69. The molecule has 0 saturated carbocycles. The topological polar surface area (TPSA) is 88.4 Å². The van der Waals surface area contributed by atoms with Crippen LogP contribution in [0.3, 0.4) is 0 Å². The molecule has 1 aromatic heterocycles. The first-order valence-corrected chi connectivity index (χ1v) is 8.73. The number of amides is 1. The Morgan fingerprint density at radius 3 is 2.63 bits per heavy atom. The van der Waals surface area contributed by atoms with Gasteiger partial charge in [0.05, 0.1) is 27.4 Å². The van der Waals surface area contributed by atoms with Crippen molar-refractivity contribution >= 4 is 33.9 Å². The number of hydrogen-bond donors (Lipinski definition) is 1. The lowest BCUT2D eigenvalue weighted by molar-refractivity contribution is -0.384. The maximum absolute atomic E-state index is 13.0. The van der Waals surface area contributed by atoms with Crippen molar-refractivity contribution in [2.45, 2.75) is 13.8 Å². The van der Waals surface area contributed by atoms with Crippen LogP contribution in [0.15, 0.2) is 54.7 Å². The Bertz CT molecular complexity index is 994. The summed E-state index contributed by atoms with van der Waals surface area (Å²) in [5, 5.41) is 14.9. The lowest BCUT2D eigenvalue weighted by Crippen LogP contribution is -2.25. The van der Waals surface area contributed by atoms with Crippen LogP contribution < -0.4 is 10.2 Å². The number of anilines is 2. The van der Waals surface area contributed by atoms with E-state index < -0.39 is 10.8 Å². The third-order valence-corrected chi connectivity index (χ3v) is 4.43. The second kappa shape index (κ2) is 7.82. The number of benzene rings is 2. The fraction of sp³-hybridized carbons (Fsp3) is 0.200. The van der Waals surface area contributed by atoms with Gasteiger partial charge in [0.1, 0.15) is 0 Å². The van der Waals surface area contributed by atoms with Gasteiger partial charge in [0.2, 0.25) is 0 Å². The number of aromatic nitrogens is 1. The second-order valence-electron chi connectivity index (χ2n) is 5.96. The highest BCUT2D eigenvalue weighted by Crippen LogP contribution is 2.28. The number of nitro benzene ring substituents is 1. The van der Waals surface area contributed by atoms with Gasteiger partial charge in [-0.25, -0.2) is 0 Å². The number of hydrogen-bond acceptors (Lipinski definition) is 5. The molecule has 2 aromatic carbocycles. The molecule has 1 heterocycles. The van der Waals surface area contributed by atoms with E-state index in [-0.39, 0.29) is 11.3 Å². The van der Waals surface area contributed by atoms with E-state index in [1.807, 2.05) is 36.9 Å².